The molecule has 0 spiro atoms. The lowest BCUT2D eigenvalue weighted by atomic mass is 10.0. The van der Waals surface area contributed by atoms with Gasteiger partial charge in [-0.15, -0.1) is 0 Å². The first kappa shape index (κ1) is 31.8. The minimum Gasteiger partial charge on any atom is -0.331 e. The van der Waals surface area contributed by atoms with Gasteiger partial charge in [-0.05, 0) is 63.4 Å². The van der Waals surface area contributed by atoms with Gasteiger partial charge in [0.25, 0.3) is 11.8 Å². The maximum absolute atomic E-state index is 13.4. The Hall–Kier alpha value is -4.17. The Morgan fingerprint density at radius 2 is 1.65 bits per heavy atom. The van der Waals surface area contributed by atoms with Gasteiger partial charge < -0.3 is 10.2 Å². The van der Waals surface area contributed by atoms with Crippen LogP contribution in [0.25, 0.3) is 0 Å². The Morgan fingerprint density at radius 1 is 0.977 bits per heavy atom. The van der Waals surface area contributed by atoms with Crippen LogP contribution in [0.15, 0.2) is 59.7 Å². The Bertz CT molecular complexity index is 1410. The van der Waals surface area contributed by atoms with Crippen LogP contribution in [0.1, 0.15) is 68.7 Å². The number of nitrogens with one attached hydrogen (secondary N) is 1. The van der Waals surface area contributed by atoms with Crippen molar-refractivity contribution in [2.75, 3.05) is 37.6 Å². The number of alkyl halides is 3. The number of benzene rings is 2. The fourth-order valence-corrected chi connectivity index (χ4v) is 5.48. The SMILES string of the molecule is CC1=C(CCCCCCN2CCN(C(=O)N[C@@H](C)c3ccccc3)CC2)C(=O)N(c2ccc(C#N)c(C(F)(F)F)c2)C1=O. The molecule has 2 aromatic carbocycles. The molecule has 1 fully saturated rings. The third-order valence-corrected chi connectivity index (χ3v) is 8.08. The smallest absolute Gasteiger partial charge is 0.331 e. The average molecular weight is 596 g/mol. The van der Waals surface area contributed by atoms with Crippen LogP contribution in [0.4, 0.5) is 23.7 Å². The van der Waals surface area contributed by atoms with Crippen molar-refractivity contribution in [3.05, 3.63) is 76.4 Å². The van der Waals surface area contributed by atoms with E-state index in [4.69, 9.17) is 5.26 Å². The molecule has 0 saturated carbocycles. The molecular formula is C32H36F3N5O3. The van der Waals surface area contributed by atoms with Crippen molar-refractivity contribution in [3.8, 4) is 6.07 Å². The number of halogens is 3. The molecule has 0 radical (unpaired) electrons. The molecule has 1 atom stereocenters. The molecule has 2 aliphatic rings. The number of unbranched alkanes of at least 4 members (excludes halogenated alkanes) is 3. The monoisotopic (exact) mass is 595 g/mol. The number of carbonyl (C=O) groups is 3. The molecule has 4 amide bonds. The number of nitrogens with zero attached hydrogens (tertiary/aromatic N) is 4. The molecule has 4 rings (SSSR count). The van der Waals surface area contributed by atoms with Gasteiger partial charge in [0, 0.05) is 37.3 Å². The molecule has 1 saturated heterocycles. The molecule has 8 nitrogen and oxygen atoms in total. The van der Waals surface area contributed by atoms with Crippen LogP contribution in [0.2, 0.25) is 0 Å². The second-order valence-electron chi connectivity index (χ2n) is 11.0. The van der Waals surface area contributed by atoms with Gasteiger partial charge in [-0.3, -0.25) is 14.5 Å². The number of carbonyl (C=O) groups excluding carboxylic acids is 3. The lowest BCUT2D eigenvalue weighted by Crippen LogP contribution is -2.52. The molecule has 0 unspecified atom stereocenters. The topological polar surface area (TPSA) is 96.8 Å². The number of imide groups is 1. The third-order valence-electron chi connectivity index (χ3n) is 8.08. The molecule has 0 aliphatic carbocycles. The molecular weight excluding hydrogens is 559 g/mol. The molecule has 2 aromatic rings. The Labute approximate surface area is 249 Å². The summed E-state index contributed by atoms with van der Waals surface area (Å²) in [5.74, 6) is -1.25. The second kappa shape index (κ2) is 13.9. The fraction of sp³-hybridized carbons (Fsp3) is 0.438. The molecule has 0 bridgehead atoms. The van der Waals surface area contributed by atoms with Crippen LogP contribution in [0, 0.1) is 11.3 Å². The number of piperazine rings is 1. The van der Waals surface area contributed by atoms with Crippen LogP contribution in [-0.4, -0.2) is 60.4 Å². The van der Waals surface area contributed by atoms with E-state index in [1.54, 1.807) is 0 Å². The van der Waals surface area contributed by atoms with E-state index >= 15 is 0 Å². The van der Waals surface area contributed by atoms with Gasteiger partial charge in [-0.1, -0.05) is 43.2 Å². The number of amides is 4. The van der Waals surface area contributed by atoms with Gasteiger partial charge in [0.15, 0.2) is 0 Å². The van der Waals surface area contributed by atoms with Crippen LogP contribution in [0.5, 0.6) is 0 Å². The van der Waals surface area contributed by atoms with Crippen molar-refractivity contribution >= 4 is 23.5 Å². The molecule has 2 aliphatic heterocycles. The quantitative estimate of drug-likeness (QED) is 0.277. The summed E-state index contributed by atoms with van der Waals surface area (Å²) in [5, 5.41) is 12.1. The maximum atomic E-state index is 13.4. The lowest BCUT2D eigenvalue weighted by Gasteiger charge is -2.35. The zero-order valence-electron chi connectivity index (χ0n) is 24.4. The number of nitriles is 1. The molecule has 11 heteroatoms. The summed E-state index contributed by atoms with van der Waals surface area (Å²) in [4.78, 5) is 43.4. The van der Waals surface area contributed by atoms with Crippen LogP contribution in [0.3, 0.4) is 0 Å². The van der Waals surface area contributed by atoms with Gasteiger partial charge in [0.2, 0.25) is 0 Å². The first-order chi connectivity index (χ1) is 20.5. The summed E-state index contributed by atoms with van der Waals surface area (Å²) < 4.78 is 40.2. The number of urea groups is 1. The molecule has 1 N–H and O–H groups in total. The highest BCUT2D eigenvalue weighted by molar-refractivity contribution is 6.32. The van der Waals surface area contributed by atoms with Crippen molar-refractivity contribution in [2.24, 2.45) is 0 Å². The standard InChI is InChI=1S/C32H36F3N5O3/c1-22-27(30(42)40(29(22)41)26-14-13-25(21-36)28(20-26)32(33,34)35)12-8-3-4-9-15-38-16-18-39(19-17-38)31(43)37-23(2)24-10-6-5-7-11-24/h5-7,10-11,13-14,20,23H,3-4,8-9,12,15-19H2,1-2H3,(H,37,43)/t23-/m0/s1. The molecule has 43 heavy (non-hydrogen) atoms. The van der Waals surface area contributed by atoms with E-state index in [0.29, 0.717) is 37.6 Å². The van der Waals surface area contributed by atoms with Crippen molar-refractivity contribution in [2.45, 2.75) is 58.2 Å². The zero-order valence-corrected chi connectivity index (χ0v) is 24.4. The summed E-state index contributed by atoms with van der Waals surface area (Å²) in [6, 6.07) is 14.1. The number of anilines is 1. The summed E-state index contributed by atoms with van der Waals surface area (Å²) >= 11 is 0. The minimum atomic E-state index is -4.79. The van der Waals surface area contributed by atoms with E-state index in [9.17, 15) is 27.6 Å². The largest absolute Gasteiger partial charge is 0.417 e. The van der Waals surface area contributed by atoms with E-state index in [1.165, 1.54) is 19.1 Å². The third kappa shape index (κ3) is 7.62. The lowest BCUT2D eigenvalue weighted by molar-refractivity contribution is -0.138. The van der Waals surface area contributed by atoms with Gasteiger partial charge in [-0.25, -0.2) is 9.69 Å². The summed E-state index contributed by atoms with van der Waals surface area (Å²) in [7, 11) is 0. The zero-order chi connectivity index (χ0) is 31.1. The molecule has 228 valence electrons. The van der Waals surface area contributed by atoms with Crippen molar-refractivity contribution in [1.29, 1.82) is 5.26 Å². The highest BCUT2D eigenvalue weighted by atomic mass is 19.4. The van der Waals surface area contributed by atoms with Crippen LogP contribution < -0.4 is 10.2 Å². The van der Waals surface area contributed by atoms with Crippen LogP contribution in [-0.2, 0) is 15.8 Å². The van der Waals surface area contributed by atoms with Crippen molar-refractivity contribution in [3.63, 3.8) is 0 Å². The van der Waals surface area contributed by atoms with Crippen LogP contribution >= 0.6 is 0 Å². The Balaban J connectivity index is 1.17. The van der Waals surface area contributed by atoms with E-state index in [1.807, 2.05) is 42.2 Å². The van der Waals surface area contributed by atoms with E-state index < -0.39 is 29.1 Å². The van der Waals surface area contributed by atoms with Gasteiger partial charge in [0.1, 0.15) is 0 Å². The van der Waals surface area contributed by atoms with Gasteiger partial charge in [-0.2, -0.15) is 18.4 Å². The second-order valence-corrected chi connectivity index (χ2v) is 11.0. The first-order valence-electron chi connectivity index (χ1n) is 14.5. The predicted molar refractivity (Wildman–Crippen MR) is 156 cm³/mol. The molecule has 0 aromatic heterocycles. The van der Waals surface area contributed by atoms with E-state index in [-0.39, 0.29) is 23.3 Å². The predicted octanol–water partition coefficient (Wildman–Crippen LogP) is 5.81. The summed E-state index contributed by atoms with van der Waals surface area (Å²) in [6.07, 6.45) is -1.02. The highest BCUT2D eigenvalue weighted by Crippen LogP contribution is 2.37. The first-order valence-corrected chi connectivity index (χ1v) is 14.5. The summed E-state index contributed by atoms with van der Waals surface area (Å²) in [6.45, 7) is 7.33. The Kier molecular flexibility index (Phi) is 10.2. The number of hydrogen-bond acceptors (Lipinski definition) is 5. The van der Waals surface area contributed by atoms with E-state index in [2.05, 4.69) is 10.2 Å². The van der Waals surface area contributed by atoms with E-state index in [0.717, 1.165) is 55.4 Å². The van der Waals surface area contributed by atoms with Crippen molar-refractivity contribution < 1.29 is 27.6 Å². The van der Waals surface area contributed by atoms with Crippen molar-refractivity contribution in [1.82, 2.24) is 15.1 Å². The average Bonchev–Trinajstić information content (AvgIpc) is 3.21. The number of hydrogen-bond donors (Lipinski definition) is 1. The van der Waals surface area contributed by atoms with Gasteiger partial charge >= 0.3 is 12.2 Å². The normalized spacial score (nSPS) is 16.9. The maximum Gasteiger partial charge on any atom is 0.417 e. The Morgan fingerprint density at radius 3 is 2.30 bits per heavy atom. The fourth-order valence-electron chi connectivity index (χ4n) is 5.48. The molecule has 2 heterocycles. The highest BCUT2D eigenvalue weighted by Gasteiger charge is 2.39. The summed E-state index contributed by atoms with van der Waals surface area (Å²) in [5.41, 5.74) is -0.323. The minimum absolute atomic E-state index is 0.0564. The van der Waals surface area contributed by atoms with Gasteiger partial charge in [0.05, 0.1) is 28.9 Å². The number of rotatable bonds is 10.